The molecule has 1 atom stereocenters. The van der Waals surface area contributed by atoms with Crippen molar-refractivity contribution in [2.75, 3.05) is 13.2 Å². The Balaban J connectivity index is 2.09. The Bertz CT molecular complexity index is 1280. The first-order valence-electron chi connectivity index (χ1n) is 9.67. The number of ether oxygens (including phenoxy) is 1. The summed E-state index contributed by atoms with van der Waals surface area (Å²) >= 11 is 6.22. The summed E-state index contributed by atoms with van der Waals surface area (Å²) < 4.78 is 34.3. The molecule has 0 N–H and O–H groups in total. The fraction of sp³-hybridized carbons (Fsp3) is 0.273. The van der Waals surface area contributed by atoms with E-state index in [-0.39, 0.29) is 11.5 Å². The number of para-hydroxylation sites is 1. The molecule has 8 heteroatoms. The number of carbonyl (C=O) groups excluding carboxylic acids is 1. The first kappa shape index (κ1) is 20.6. The van der Waals surface area contributed by atoms with E-state index in [0.29, 0.717) is 34.8 Å². The molecule has 0 fully saturated rings. The second-order valence-electron chi connectivity index (χ2n) is 7.05. The van der Waals surface area contributed by atoms with E-state index in [0.717, 1.165) is 10.9 Å². The normalized spacial score (nSPS) is 16.3. The summed E-state index contributed by atoms with van der Waals surface area (Å²) in [4.78, 5) is 17.2. The molecule has 4 rings (SSSR count). The fourth-order valence-electron chi connectivity index (χ4n) is 3.93. The number of aliphatic imine (C=N–C) groups is 1. The number of hydrogen-bond donors (Lipinski definition) is 0. The van der Waals surface area contributed by atoms with E-state index in [1.54, 1.807) is 38.1 Å². The van der Waals surface area contributed by atoms with E-state index >= 15 is 0 Å². The third kappa shape index (κ3) is 3.22. The molecule has 2 heterocycles. The quantitative estimate of drug-likeness (QED) is 0.567. The summed E-state index contributed by atoms with van der Waals surface area (Å²) in [6, 6.07) is 12.1. The van der Waals surface area contributed by atoms with Crippen LogP contribution in [-0.2, 0) is 26.0 Å². The average molecular weight is 445 g/mol. The van der Waals surface area contributed by atoms with Gasteiger partial charge in [-0.25, -0.2) is 12.4 Å². The van der Waals surface area contributed by atoms with Crippen molar-refractivity contribution >= 4 is 44.7 Å². The maximum absolute atomic E-state index is 13.9. The van der Waals surface area contributed by atoms with Gasteiger partial charge in [-0.15, -0.1) is 0 Å². The zero-order valence-electron chi connectivity index (χ0n) is 16.6. The van der Waals surface area contributed by atoms with Crippen LogP contribution in [0.25, 0.3) is 10.9 Å². The van der Waals surface area contributed by atoms with Gasteiger partial charge >= 0.3 is 5.97 Å². The second kappa shape index (κ2) is 7.89. The molecule has 2 aromatic carbocycles. The summed E-state index contributed by atoms with van der Waals surface area (Å²) in [7, 11) is -4.05. The highest BCUT2D eigenvalue weighted by Crippen LogP contribution is 2.37. The van der Waals surface area contributed by atoms with Gasteiger partial charge in [0, 0.05) is 23.2 Å². The van der Waals surface area contributed by atoms with E-state index in [2.05, 4.69) is 4.99 Å². The van der Waals surface area contributed by atoms with Crippen LogP contribution in [0.1, 0.15) is 29.7 Å². The van der Waals surface area contributed by atoms with Crippen molar-refractivity contribution in [3.05, 3.63) is 64.3 Å². The van der Waals surface area contributed by atoms with Gasteiger partial charge in [0.2, 0.25) is 0 Å². The number of halogens is 1. The zero-order valence-corrected chi connectivity index (χ0v) is 18.2. The summed E-state index contributed by atoms with van der Waals surface area (Å²) in [5.41, 5.74) is 2.16. The lowest BCUT2D eigenvalue weighted by Gasteiger charge is -2.18. The molecule has 0 spiro atoms. The fourth-order valence-corrected chi connectivity index (χ4v) is 6.00. The van der Waals surface area contributed by atoms with Gasteiger partial charge in [0.25, 0.3) is 10.0 Å². The minimum atomic E-state index is -4.05. The van der Waals surface area contributed by atoms with Crippen LogP contribution in [0.4, 0.5) is 0 Å². The van der Waals surface area contributed by atoms with Crippen LogP contribution in [-0.4, -0.2) is 37.7 Å². The summed E-state index contributed by atoms with van der Waals surface area (Å²) in [6.07, 6.45) is 2.03. The Morgan fingerprint density at radius 1 is 1.23 bits per heavy atom. The van der Waals surface area contributed by atoms with Gasteiger partial charge in [-0.1, -0.05) is 35.9 Å². The Hall–Kier alpha value is -2.64. The molecule has 0 saturated carbocycles. The van der Waals surface area contributed by atoms with Gasteiger partial charge in [-0.3, -0.25) is 9.79 Å². The third-order valence-corrected chi connectivity index (χ3v) is 7.57. The van der Waals surface area contributed by atoms with Crippen molar-refractivity contribution in [3.63, 3.8) is 0 Å². The molecule has 156 valence electrons. The molecule has 0 amide bonds. The molecular weight excluding hydrogens is 424 g/mol. The molecule has 0 aliphatic carbocycles. The monoisotopic (exact) mass is 444 g/mol. The van der Waals surface area contributed by atoms with E-state index < -0.39 is 21.9 Å². The Morgan fingerprint density at radius 2 is 2.00 bits per heavy atom. The van der Waals surface area contributed by atoms with Crippen molar-refractivity contribution in [3.8, 4) is 0 Å². The van der Waals surface area contributed by atoms with Crippen LogP contribution < -0.4 is 0 Å². The van der Waals surface area contributed by atoms with Gasteiger partial charge in [0.15, 0.2) is 0 Å². The number of esters is 1. The first-order valence-corrected chi connectivity index (χ1v) is 11.5. The molecule has 0 bridgehead atoms. The maximum Gasteiger partial charge on any atom is 0.320 e. The molecule has 1 unspecified atom stereocenters. The molecule has 3 aromatic rings. The Kier molecular flexibility index (Phi) is 5.42. The largest absolute Gasteiger partial charge is 0.465 e. The summed E-state index contributed by atoms with van der Waals surface area (Å²) in [6.45, 7) is 4.05. The lowest BCUT2D eigenvalue weighted by molar-refractivity contribution is -0.143. The molecular formula is C22H21ClN2O4S. The highest BCUT2D eigenvalue weighted by atomic mass is 35.5. The third-order valence-electron chi connectivity index (χ3n) is 5.29. The minimum Gasteiger partial charge on any atom is -0.465 e. The number of fused-ring (bicyclic) bond motifs is 3. The summed E-state index contributed by atoms with van der Waals surface area (Å²) in [5.74, 6) is -1.43. The molecule has 1 aromatic heterocycles. The lowest BCUT2D eigenvalue weighted by atomic mass is 10.0. The van der Waals surface area contributed by atoms with E-state index in [9.17, 15) is 13.2 Å². The number of aromatic nitrogens is 1. The van der Waals surface area contributed by atoms with Gasteiger partial charge in [-0.2, -0.15) is 0 Å². The standard InChI is InChI=1S/C22H21ClN2O4S/c1-3-29-22(26)17-13-24-12-11-16-15-7-4-5-9-19(15)25(21(16)17)30(27,28)20-10-6-8-18(23)14(20)2/h4-10,13,17H,3,11-12H2,1-2H3. The van der Waals surface area contributed by atoms with Crippen molar-refractivity contribution in [2.45, 2.75) is 31.1 Å². The predicted octanol–water partition coefficient (Wildman–Crippen LogP) is 4.11. The van der Waals surface area contributed by atoms with Crippen LogP contribution in [0.2, 0.25) is 5.02 Å². The van der Waals surface area contributed by atoms with Gasteiger partial charge in [0.1, 0.15) is 5.92 Å². The van der Waals surface area contributed by atoms with E-state index in [4.69, 9.17) is 16.3 Å². The van der Waals surface area contributed by atoms with Crippen molar-refractivity contribution in [2.24, 2.45) is 4.99 Å². The molecule has 0 radical (unpaired) electrons. The van der Waals surface area contributed by atoms with Gasteiger partial charge < -0.3 is 4.74 Å². The first-order chi connectivity index (χ1) is 14.4. The van der Waals surface area contributed by atoms with Crippen LogP contribution in [0.15, 0.2) is 52.4 Å². The van der Waals surface area contributed by atoms with Crippen molar-refractivity contribution in [1.29, 1.82) is 0 Å². The number of hydrogen-bond acceptors (Lipinski definition) is 5. The lowest BCUT2D eigenvalue weighted by Crippen LogP contribution is -2.25. The molecule has 1 aliphatic heterocycles. The highest BCUT2D eigenvalue weighted by Gasteiger charge is 2.35. The van der Waals surface area contributed by atoms with E-state index in [1.807, 2.05) is 12.1 Å². The molecule has 1 aliphatic rings. The van der Waals surface area contributed by atoms with Gasteiger partial charge in [-0.05, 0) is 49.6 Å². The van der Waals surface area contributed by atoms with Crippen molar-refractivity contribution in [1.82, 2.24) is 3.97 Å². The Morgan fingerprint density at radius 3 is 2.77 bits per heavy atom. The van der Waals surface area contributed by atoms with E-state index in [1.165, 1.54) is 16.3 Å². The van der Waals surface area contributed by atoms with Crippen LogP contribution in [0.3, 0.4) is 0 Å². The molecule has 0 saturated heterocycles. The summed E-state index contributed by atoms with van der Waals surface area (Å²) in [5, 5.41) is 1.15. The predicted molar refractivity (Wildman–Crippen MR) is 117 cm³/mol. The van der Waals surface area contributed by atoms with Crippen molar-refractivity contribution < 1.29 is 17.9 Å². The number of benzene rings is 2. The molecule has 6 nitrogen and oxygen atoms in total. The smallest absolute Gasteiger partial charge is 0.320 e. The molecule has 30 heavy (non-hydrogen) atoms. The maximum atomic E-state index is 13.9. The number of carbonyl (C=O) groups is 1. The Labute approximate surface area is 180 Å². The van der Waals surface area contributed by atoms with Crippen LogP contribution in [0.5, 0.6) is 0 Å². The SMILES string of the molecule is CCOC(=O)C1C=NCCc2c1n(S(=O)(=O)c1cccc(Cl)c1C)c1ccccc21. The minimum absolute atomic E-state index is 0.0994. The number of rotatable bonds is 4. The van der Waals surface area contributed by atoms with Crippen LogP contribution >= 0.6 is 11.6 Å². The van der Waals surface area contributed by atoms with Gasteiger partial charge in [0.05, 0.1) is 22.7 Å². The highest BCUT2D eigenvalue weighted by molar-refractivity contribution is 7.90. The topological polar surface area (TPSA) is 77.7 Å². The number of nitrogens with zero attached hydrogens (tertiary/aromatic N) is 2. The second-order valence-corrected chi connectivity index (χ2v) is 9.21. The average Bonchev–Trinajstić information content (AvgIpc) is 2.89. The zero-order chi connectivity index (χ0) is 21.5. The van der Waals surface area contributed by atoms with Crippen LogP contribution in [0, 0.1) is 6.92 Å².